The summed E-state index contributed by atoms with van der Waals surface area (Å²) in [5.74, 6) is 1.13. The molecule has 0 saturated heterocycles. The van der Waals surface area contributed by atoms with Crippen molar-refractivity contribution < 1.29 is 9.59 Å². The van der Waals surface area contributed by atoms with Gasteiger partial charge in [-0.1, -0.05) is 24.3 Å². The summed E-state index contributed by atoms with van der Waals surface area (Å²) in [4.78, 5) is 28.4. The van der Waals surface area contributed by atoms with Crippen LogP contribution in [0.4, 0.5) is 5.69 Å². The van der Waals surface area contributed by atoms with Crippen molar-refractivity contribution >= 4 is 17.5 Å². The Bertz CT molecular complexity index is 830. The molecule has 4 rings (SSSR count). The van der Waals surface area contributed by atoms with Crippen LogP contribution in [0.3, 0.4) is 0 Å². The van der Waals surface area contributed by atoms with Crippen molar-refractivity contribution in [2.45, 2.75) is 19.4 Å². The molecular formula is C21H21N3O2. The van der Waals surface area contributed by atoms with Gasteiger partial charge in [0, 0.05) is 36.1 Å². The molecule has 132 valence electrons. The van der Waals surface area contributed by atoms with Crippen molar-refractivity contribution in [2.75, 3.05) is 5.32 Å². The first kappa shape index (κ1) is 16.5. The summed E-state index contributed by atoms with van der Waals surface area (Å²) in [5.41, 5.74) is 2.30. The number of hydrogen-bond acceptors (Lipinski definition) is 3. The van der Waals surface area contributed by atoms with Gasteiger partial charge in [0.25, 0.3) is 5.91 Å². The van der Waals surface area contributed by atoms with Gasteiger partial charge in [0.15, 0.2) is 0 Å². The van der Waals surface area contributed by atoms with Crippen LogP contribution >= 0.6 is 0 Å². The maximum Gasteiger partial charge on any atom is 0.255 e. The number of fused-ring (bicyclic) bond motifs is 2. The average Bonchev–Trinajstić information content (AvgIpc) is 3.31. The van der Waals surface area contributed by atoms with Gasteiger partial charge in [0.05, 0.1) is 0 Å². The minimum absolute atomic E-state index is 0.129. The summed E-state index contributed by atoms with van der Waals surface area (Å²) < 4.78 is 0. The summed E-state index contributed by atoms with van der Waals surface area (Å²) in [7, 11) is 0. The van der Waals surface area contributed by atoms with E-state index in [1.54, 1.807) is 24.5 Å². The lowest BCUT2D eigenvalue weighted by atomic mass is 9.93. The monoisotopic (exact) mass is 347 g/mol. The second kappa shape index (κ2) is 7.12. The number of benzene rings is 1. The molecule has 1 aromatic carbocycles. The molecule has 1 heterocycles. The molecule has 2 N–H and O–H groups in total. The number of nitrogens with one attached hydrogen (secondary N) is 2. The third-order valence-corrected chi connectivity index (χ3v) is 5.24. The van der Waals surface area contributed by atoms with Gasteiger partial charge in [-0.05, 0) is 54.5 Å². The predicted molar refractivity (Wildman–Crippen MR) is 99.3 cm³/mol. The largest absolute Gasteiger partial charge is 0.352 e. The van der Waals surface area contributed by atoms with Crippen LogP contribution in [0.15, 0.2) is 60.9 Å². The van der Waals surface area contributed by atoms with Gasteiger partial charge in [0.1, 0.15) is 0 Å². The molecule has 3 unspecified atom stereocenters. The third kappa shape index (κ3) is 3.52. The number of carbonyl (C=O) groups excluding carboxylic acids is 2. The summed E-state index contributed by atoms with van der Waals surface area (Å²) in [6.07, 6.45) is 9.72. The Morgan fingerprint density at radius 3 is 2.42 bits per heavy atom. The van der Waals surface area contributed by atoms with E-state index in [1.165, 1.54) is 0 Å². The fraction of sp³-hybridized carbons (Fsp3) is 0.286. The van der Waals surface area contributed by atoms with E-state index in [9.17, 15) is 9.59 Å². The van der Waals surface area contributed by atoms with Gasteiger partial charge in [-0.15, -0.1) is 0 Å². The van der Waals surface area contributed by atoms with Crippen molar-refractivity contribution in [3.05, 3.63) is 72.1 Å². The first-order valence-corrected chi connectivity index (χ1v) is 8.95. The predicted octanol–water partition coefficient (Wildman–Crippen LogP) is 3.16. The highest BCUT2D eigenvalue weighted by Crippen LogP contribution is 2.43. The zero-order valence-corrected chi connectivity index (χ0v) is 14.4. The molecule has 2 bridgehead atoms. The van der Waals surface area contributed by atoms with Crippen LogP contribution < -0.4 is 10.6 Å². The molecule has 5 heteroatoms. The van der Waals surface area contributed by atoms with Crippen LogP contribution in [0.2, 0.25) is 0 Å². The maximum absolute atomic E-state index is 12.4. The van der Waals surface area contributed by atoms with Crippen LogP contribution in [0, 0.1) is 17.8 Å². The first-order chi connectivity index (χ1) is 12.7. The highest BCUT2D eigenvalue weighted by molar-refractivity contribution is 6.04. The molecule has 0 radical (unpaired) electrons. The van der Waals surface area contributed by atoms with Crippen LogP contribution in [0.1, 0.15) is 28.8 Å². The minimum Gasteiger partial charge on any atom is -0.352 e. The van der Waals surface area contributed by atoms with E-state index in [-0.39, 0.29) is 17.7 Å². The van der Waals surface area contributed by atoms with Crippen molar-refractivity contribution in [1.82, 2.24) is 10.3 Å². The second-order valence-corrected chi connectivity index (χ2v) is 6.99. The smallest absolute Gasteiger partial charge is 0.255 e. The number of pyridine rings is 1. The number of hydrogen-bond donors (Lipinski definition) is 2. The Kier molecular flexibility index (Phi) is 4.52. The topological polar surface area (TPSA) is 71.1 Å². The SMILES string of the molecule is O=C(Nc1ccc(CNC(=O)C2CC3C=CC2C3)cc1)c1ccncc1. The Balaban J connectivity index is 1.30. The number of nitrogens with zero attached hydrogens (tertiary/aromatic N) is 1. The van der Waals surface area contributed by atoms with Gasteiger partial charge in [-0.3, -0.25) is 14.6 Å². The van der Waals surface area contributed by atoms with Crippen molar-refractivity contribution in [3.63, 3.8) is 0 Å². The summed E-state index contributed by atoms with van der Waals surface area (Å²) >= 11 is 0. The van der Waals surface area contributed by atoms with E-state index < -0.39 is 0 Å². The average molecular weight is 347 g/mol. The molecule has 1 aromatic heterocycles. The molecule has 2 aliphatic carbocycles. The summed E-state index contributed by atoms with van der Waals surface area (Å²) in [6.45, 7) is 0.509. The highest BCUT2D eigenvalue weighted by Gasteiger charge is 2.39. The molecule has 1 saturated carbocycles. The van der Waals surface area contributed by atoms with Crippen LogP contribution in [0.25, 0.3) is 0 Å². The van der Waals surface area contributed by atoms with Gasteiger partial charge >= 0.3 is 0 Å². The molecule has 3 atom stereocenters. The van der Waals surface area contributed by atoms with Crippen LogP contribution in [-0.4, -0.2) is 16.8 Å². The molecule has 26 heavy (non-hydrogen) atoms. The van der Waals surface area contributed by atoms with Gasteiger partial charge in [-0.2, -0.15) is 0 Å². The molecule has 2 aliphatic rings. The quantitative estimate of drug-likeness (QED) is 0.816. The Morgan fingerprint density at radius 1 is 1.00 bits per heavy atom. The zero-order chi connectivity index (χ0) is 17.9. The number of anilines is 1. The minimum atomic E-state index is -0.169. The number of carbonyl (C=O) groups is 2. The normalized spacial score (nSPS) is 23.0. The molecule has 5 nitrogen and oxygen atoms in total. The van der Waals surface area contributed by atoms with Gasteiger partial charge in [0.2, 0.25) is 5.91 Å². The number of amides is 2. The van der Waals surface area contributed by atoms with Gasteiger partial charge in [-0.25, -0.2) is 0 Å². The van der Waals surface area contributed by atoms with Gasteiger partial charge < -0.3 is 10.6 Å². The van der Waals surface area contributed by atoms with E-state index in [4.69, 9.17) is 0 Å². The second-order valence-electron chi connectivity index (χ2n) is 6.99. The van der Waals surface area contributed by atoms with E-state index in [1.807, 2.05) is 24.3 Å². The summed E-state index contributed by atoms with van der Waals surface area (Å²) in [5, 5.41) is 5.90. The Morgan fingerprint density at radius 2 is 1.77 bits per heavy atom. The van der Waals surface area contributed by atoms with Crippen molar-refractivity contribution in [2.24, 2.45) is 17.8 Å². The van der Waals surface area contributed by atoms with Crippen molar-refractivity contribution in [1.29, 1.82) is 0 Å². The number of aromatic nitrogens is 1. The molecule has 0 aliphatic heterocycles. The lowest BCUT2D eigenvalue weighted by Gasteiger charge is -2.17. The maximum atomic E-state index is 12.4. The Hall–Kier alpha value is -2.95. The molecule has 0 spiro atoms. The Labute approximate surface area is 152 Å². The zero-order valence-electron chi connectivity index (χ0n) is 14.4. The fourth-order valence-electron chi connectivity index (χ4n) is 3.81. The number of rotatable bonds is 5. The van der Waals surface area contributed by atoms with E-state index in [2.05, 4.69) is 27.8 Å². The highest BCUT2D eigenvalue weighted by atomic mass is 16.2. The molecule has 2 amide bonds. The third-order valence-electron chi connectivity index (χ3n) is 5.24. The lowest BCUT2D eigenvalue weighted by Crippen LogP contribution is -2.32. The van der Waals surface area contributed by atoms with E-state index in [0.29, 0.717) is 23.9 Å². The molecule has 2 aromatic rings. The van der Waals surface area contributed by atoms with Crippen molar-refractivity contribution in [3.8, 4) is 0 Å². The standard InChI is InChI=1S/C21H21N3O2/c25-20(16-7-9-22-10-8-16)24-18-5-2-14(3-6-18)13-23-21(26)19-12-15-1-4-17(19)11-15/h1-10,15,17,19H,11-13H2,(H,23,26)(H,24,25). The molecular weight excluding hydrogens is 326 g/mol. The van der Waals surface area contributed by atoms with E-state index in [0.717, 1.165) is 24.1 Å². The molecule has 1 fully saturated rings. The van der Waals surface area contributed by atoms with E-state index >= 15 is 0 Å². The van der Waals surface area contributed by atoms with Crippen LogP contribution in [0.5, 0.6) is 0 Å². The van der Waals surface area contributed by atoms with Crippen LogP contribution in [-0.2, 0) is 11.3 Å². The summed E-state index contributed by atoms with van der Waals surface area (Å²) in [6, 6.07) is 10.9. The fourth-order valence-corrected chi connectivity index (χ4v) is 3.81. The lowest BCUT2D eigenvalue weighted by molar-refractivity contribution is -0.125. The first-order valence-electron chi connectivity index (χ1n) is 8.95. The number of allylic oxidation sites excluding steroid dienone is 2.